The van der Waals surface area contributed by atoms with Crippen molar-refractivity contribution in [2.45, 2.75) is 51.5 Å². The molecule has 0 aliphatic heterocycles. The van der Waals surface area contributed by atoms with Gasteiger partial charge < -0.3 is 15.4 Å². The summed E-state index contributed by atoms with van der Waals surface area (Å²) in [6.45, 7) is 4.55. The first-order valence-corrected chi connectivity index (χ1v) is 12.6. The van der Waals surface area contributed by atoms with Gasteiger partial charge in [0.2, 0.25) is 0 Å². The largest absolute Gasteiger partial charge is 0.466 e. The van der Waals surface area contributed by atoms with Crippen LogP contribution >= 0.6 is 15.9 Å². The minimum Gasteiger partial charge on any atom is -0.466 e. The van der Waals surface area contributed by atoms with Crippen molar-refractivity contribution in [2.75, 3.05) is 31.6 Å². The Kier molecular flexibility index (Phi) is 10.2. The van der Waals surface area contributed by atoms with Crippen LogP contribution in [0.25, 0.3) is 0 Å². The number of fused-ring (bicyclic) bond motifs is 1. The van der Waals surface area contributed by atoms with E-state index in [4.69, 9.17) is 4.74 Å². The topological polar surface area (TPSA) is 70.7 Å². The van der Waals surface area contributed by atoms with Crippen molar-refractivity contribution >= 4 is 33.6 Å². The molecule has 0 heterocycles. The Bertz CT molecular complexity index is 904. The lowest BCUT2D eigenvalue weighted by Crippen LogP contribution is -2.36. The van der Waals surface area contributed by atoms with Crippen molar-refractivity contribution in [2.24, 2.45) is 0 Å². The van der Waals surface area contributed by atoms with Crippen molar-refractivity contribution in [3.05, 3.63) is 64.1 Å². The third-order valence-electron chi connectivity index (χ3n) is 5.92. The van der Waals surface area contributed by atoms with Crippen LogP contribution in [0.3, 0.4) is 0 Å². The number of ether oxygens (including phenoxy) is 1. The zero-order chi connectivity index (χ0) is 23.5. The number of halogens is 1. The maximum atomic E-state index is 12.2. The van der Waals surface area contributed by atoms with E-state index in [1.807, 2.05) is 31.2 Å². The average Bonchev–Trinajstić information content (AvgIpc) is 2.82. The molecule has 3 rings (SSSR count). The van der Waals surface area contributed by atoms with Crippen LogP contribution in [0.4, 0.5) is 10.5 Å². The fourth-order valence-electron chi connectivity index (χ4n) is 4.38. The van der Waals surface area contributed by atoms with Crippen molar-refractivity contribution < 1.29 is 14.3 Å². The van der Waals surface area contributed by atoms with Crippen molar-refractivity contribution in [1.29, 1.82) is 0 Å². The molecule has 0 bridgehead atoms. The van der Waals surface area contributed by atoms with Gasteiger partial charge in [-0.25, -0.2) is 4.79 Å². The number of amides is 2. The second-order valence-electron chi connectivity index (χ2n) is 8.29. The third-order valence-corrected chi connectivity index (χ3v) is 6.45. The molecule has 6 nitrogen and oxygen atoms in total. The Labute approximate surface area is 205 Å². The molecule has 0 spiro atoms. The molecule has 1 atom stereocenters. The van der Waals surface area contributed by atoms with Crippen LogP contribution in [0.1, 0.15) is 56.2 Å². The van der Waals surface area contributed by atoms with E-state index in [1.165, 1.54) is 17.5 Å². The van der Waals surface area contributed by atoms with E-state index >= 15 is 0 Å². The second-order valence-corrected chi connectivity index (χ2v) is 9.21. The van der Waals surface area contributed by atoms with Crippen LogP contribution in [0.5, 0.6) is 0 Å². The van der Waals surface area contributed by atoms with Crippen molar-refractivity contribution in [3.63, 3.8) is 0 Å². The zero-order valence-corrected chi connectivity index (χ0v) is 20.9. The summed E-state index contributed by atoms with van der Waals surface area (Å²) in [5, 5.41) is 5.81. The third kappa shape index (κ3) is 8.16. The molecule has 2 N–H and O–H groups in total. The minimum absolute atomic E-state index is 0.132. The first-order chi connectivity index (χ1) is 16.1. The molecule has 2 amide bonds. The Morgan fingerprint density at radius 1 is 1.09 bits per heavy atom. The smallest absolute Gasteiger partial charge is 0.319 e. The first kappa shape index (κ1) is 25.2. The number of esters is 1. The lowest BCUT2D eigenvalue weighted by atomic mass is 9.86. The average molecular weight is 516 g/mol. The number of hydrogen-bond acceptors (Lipinski definition) is 4. The molecule has 0 saturated heterocycles. The Balaban J connectivity index is 1.52. The highest BCUT2D eigenvalue weighted by Crippen LogP contribution is 2.34. The van der Waals surface area contributed by atoms with Gasteiger partial charge in [-0.3, -0.25) is 9.69 Å². The van der Waals surface area contributed by atoms with E-state index < -0.39 is 0 Å². The van der Waals surface area contributed by atoms with Gasteiger partial charge in [-0.2, -0.15) is 0 Å². The number of aryl methyl sites for hydroxylation is 1. The monoisotopic (exact) mass is 515 g/mol. The summed E-state index contributed by atoms with van der Waals surface area (Å²) in [5.41, 5.74) is 3.59. The molecule has 33 heavy (non-hydrogen) atoms. The van der Waals surface area contributed by atoms with Crippen LogP contribution in [0, 0.1) is 0 Å². The van der Waals surface area contributed by atoms with Gasteiger partial charge in [0.25, 0.3) is 0 Å². The highest BCUT2D eigenvalue weighted by molar-refractivity contribution is 9.10. The van der Waals surface area contributed by atoms with E-state index in [-0.39, 0.29) is 12.0 Å². The van der Waals surface area contributed by atoms with E-state index in [0.717, 1.165) is 48.9 Å². The standard InChI is InChI=1S/C26H34BrN3O3/c1-2-33-25(31)12-6-18-30(24-11-5-9-20-8-3-4-10-23(20)24)19-7-17-28-26(32)29-22-15-13-21(27)14-16-22/h3-4,8,10,13-16,24H,2,5-7,9,11-12,17-19H2,1H3,(H2,28,29,32). The SMILES string of the molecule is CCOC(=O)CCCN(CCCNC(=O)Nc1ccc(Br)cc1)C1CCCc2ccccc21. The molecule has 0 fully saturated rings. The number of nitrogens with zero attached hydrogens (tertiary/aromatic N) is 1. The maximum Gasteiger partial charge on any atom is 0.319 e. The summed E-state index contributed by atoms with van der Waals surface area (Å²) in [6, 6.07) is 16.3. The quantitative estimate of drug-likeness (QED) is 0.298. The molecule has 7 heteroatoms. The minimum atomic E-state index is -0.200. The second kappa shape index (κ2) is 13.4. The molecule has 0 saturated carbocycles. The molecule has 1 aliphatic rings. The summed E-state index contributed by atoms with van der Waals surface area (Å²) in [4.78, 5) is 26.5. The maximum absolute atomic E-state index is 12.2. The lowest BCUT2D eigenvalue weighted by Gasteiger charge is -2.36. The molecule has 1 aliphatic carbocycles. The van der Waals surface area contributed by atoms with Crippen LogP contribution in [-0.2, 0) is 16.0 Å². The predicted molar refractivity (Wildman–Crippen MR) is 135 cm³/mol. The van der Waals surface area contributed by atoms with Crippen LogP contribution in [-0.4, -0.2) is 43.1 Å². The van der Waals surface area contributed by atoms with E-state index in [9.17, 15) is 9.59 Å². The van der Waals surface area contributed by atoms with Crippen LogP contribution in [0.2, 0.25) is 0 Å². The Hall–Kier alpha value is -2.38. The van der Waals surface area contributed by atoms with Gasteiger partial charge in [0.15, 0.2) is 0 Å². The highest BCUT2D eigenvalue weighted by Gasteiger charge is 2.25. The van der Waals surface area contributed by atoms with Gasteiger partial charge >= 0.3 is 12.0 Å². The molecule has 0 aromatic heterocycles. The Morgan fingerprint density at radius 2 is 1.85 bits per heavy atom. The number of carbonyl (C=O) groups excluding carboxylic acids is 2. The number of carbonyl (C=O) groups is 2. The van der Waals surface area contributed by atoms with Crippen molar-refractivity contribution in [3.8, 4) is 0 Å². The van der Waals surface area contributed by atoms with Gasteiger partial charge in [0, 0.05) is 35.7 Å². The molecule has 0 radical (unpaired) electrons. The number of rotatable bonds is 11. The van der Waals surface area contributed by atoms with Crippen LogP contribution < -0.4 is 10.6 Å². The van der Waals surface area contributed by atoms with Gasteiger partial charge in [0.1, 0.15) is 0 Å². The van der Waals surface area contributed by atoms with Gasteiger partial charge in [-0.15, -0.1) is 0 Å². The summed E-state index contributed by atoms with van der Waals surface area (Å²) >= 11 is 3.39. The Morgan fingerprint density at radius 3 is 2.64 bits per heavy atom. The summed E-state index contributed by atoms with van der Waals surface area (Å²) in [6.07, 6.45) is 5.46. The van der Waals surface area contributed by atoms with Gasteiger partial charge in [-0.05, 0) is 81.0 Å². The fourth-order valence-corrected chi connectivity index (χ4v) is 4.65. The summed E-state index contributed by atoms with van der Waals surface area (Å²) in [7, 11) is 0. The first-order valence-electron chi connectivity index (χ1n) is 11.8. The molecule has 178 valence electrons. The molecule has 2 aromatic rings. The molecule has 2 aromatic carbocycles. The fraction of sp³-hybridized carbons (Fsp3) is 0.462. The number of benzene rings is 2. The number of anilines is 1. The van der Waals surface area contributed by atoms with Crippen LogP contribution in [0.15, 0.2) is 53.0 Å². The molecule has 1 unspecified atom stereocenters. The van der Waals surface area contributed by atoms with E-state index in [1.54, 1.807) is 0 Å². The molecular weight excluding hydrogens is 482 g/mol. The normalized spacial score (nSPS) is 15.1. The number of hydrogen-bond donors (Lipinski definition) is 2. The van der Waals surface area contributed by atoms with Gasteiger partial charge in [0.05, 0.1) is 6.61 Å². The highest BCUT2D eigenvalue weighted by atomic mass is 79.9. The van der Waals surface area contributed by atoms with E-state index in [2.05, 4.69) is 55.7 Å². The van der Waals surface area contributed by atoms with Gasteiger partial charge in [-0.1, -0.05) is 40.2 Å². The zero-order valence-electron chi connectivity index (χ0n) is 19.3. The predicted octanol–water partition coefficient (Wildman–Crippen LogP) is 5.68. The van der Waals surface area contributed by atoms with E-state index in [0.29, 0.717) is 25.6 Å². The number of nitrogens with one attached hydrogen (secondary N) is 2. The lowest BCUT2D eigenvalue weighted by molar-refractivity contribution is -0.143. The number of urea groups is 1. The summed E-state index contributed by atoms with van der Waals surface area (Å²) < 4.78 is 6.06. The molecular formula is C26H34BrN3O3. The van der Waals surface area contributed by atoms with Crippen molar-refractivity contribution in [1.82, 2.24) is 10.2 Å². The summed E-state index contributed by atoms with van der Waals surface area (Å²) in [5.74, 6) is -0.132.